The lowest BCUT2D eigenvalue weighted by Gasteiger charge is -2.30. The third-order valence-corrected chi connectivity index (χ3v) is 6.24. The van der Waals surface area contributed by atoms with Crippen LogP contribution in [0.1, 0.15) is 73.7 Å². The van der Waals surface area contributed by atoms with Crippen molar-refractivity contribution in [1.82, 2.24) is 0 Å². The highest BCUT2D eigenvalue weighted by atomic mass is 19.2. The fourth-order valence-electron chi connectivity index (χ4n) is 4.60. The van der Waals surface area contributed by atoms with Crippen LogP contribution in [0.4, 0.5) is 22.0 Å². The molecule has 2 aromatic rings. The maximum atomic E-state index is 15.2. The Morgan fingerprint density at radius 3 is 2.16 bits per heavy atom. The molecule has 2 aromatic carbocycles. The van der Waals surface area contributed by atoms with Crippen LogP contribution in [0.15, 0.2) is 30.4 Å². The van der Waals surface area contributed by atoms with Gasteiger partial charge in [-0.15, -0.1) is 0 Å². The van der Waals surface area contributed by atoms with E-state index in [0.717, 1.165) is 38.2 Å². The number of hydrogen-bond acceptors (Lipinski definition) is 1. The summed E-state index contributed by atoms with van der Waals surface area (Å²) in [6.07, 6.45) is 10.1. The standard InChI is InChI=1S/C25H25F5O2/c1-2-3-4-5-6-14-7-9-15(10-8-14)17-13-18(26)22(25(31)32)24(30)21(17)16-11-19(27)23(29)20(28)12-16/h2-3,11-15H,4-10H2,1H3,(H,31,32). The van der Waals surface area contributed by atoms with E-state index in [9.17, 15) is 27.5 Å². The zero-order chi connectivity index (χ0) is 23.4. The van der Waals surface area contributed by atoms with Gasteiger partial charge in [0, 0.05) is 5.56 Å². The summed E-state index contributed by atoms with van der Waals surface area (Å²) in [4.78, 5) is 11.4. The van der Waals surface area contributed by atoms with Gasteiger partial charge in [0.15, 0.2) is 17.5 Å². The van der Waals surface area contributed by atoms with Crippen molar-refractivity contribution in [2.24, 2.45) is 5.92 Å². The summed E-state index contributed by atoms with van der Waals surface area (Å²) in [6, 6.07) is 2.16. The van der Waals surface area contributed by atoms with Gasteiger partial charge in [-0.05, 0) is 86.6 Å². The lowest BCUT2D eigenvalue weighted by atomic mass is 9.75. The fourth-order valence-corrected chi connectivity index (χ4v) is 4.60. The first kappa shape index (κ1) is 24.0. The second-order valence-corrected chi connectivity index (χ2v) is 8.29. The molecule has 1 aliphatic rings. The molecule has 0 spiro atoms. The highest BCUT2D eigenvalue weighted by Crippen LogP contribution is 2.43. The molecule has 0 bridgehead atoms. The molecule has 1 saturated carbocycles. The van der Waals surface area contributed by atoms with Crippen LogP contribution in [0.2, 0.25) is 0 Å². The molecule has 0 atom stereocenters. The Bertz CT molecular complexity index is 1000. The van der Waals surface area contributed by atoms with Crippen LogP contribution in [-0.2, 0) is 0 Å². The van der Waals surface area contributed by atoms with E-state index in [2.05, 4.69) is 6.08 Å². The minimum atomic E-state index is -1.83. The molecule has 2 nitrogen and oxygen atoms in total. The SMILES string of the molecule is CC=CCCCC1CCC(c2cc(F)c(C(=O)O)c(F)c2-c2cc(F)c(F)c(F)c2)CC1. The van der Waals surface area contributed by atoms with Crippen molar-refractivity contribution >= 4 is 5.97 Å². The van der Waals surface area contributed by atoms with Gasteiger partial charge in [0.2, 0.25) is 0 Å². The molecule has 32 heavy (non-hydrogen) atoms. The highest BCUT2D eigenvalue weighted by Gasteiger charge is 2.31. The number of rotatable bonds is 7. The number of allylic oxidation sites excluding steroid dienone is 2. The molecule has 3 rings (SSSR count). The molecule has 1 fully saturated rings. The van der Waals surface area contributed by atoms with Gasteiger partial charge in [0.05, 0.1) is 0 Å². The van der Waals surface area contributed by atoms with E-state index in [4.69, 9.17) is 0 Å². The van der Waals surface area contributed by atoms with E-state index in [0.29, 0.717) is 30.9 Å². The number of carboxylic acids is 1. The Morgan fingerprint density at radius 1 is 0.969 bits per heavy atom. The monoisotopic (exact) mass is 452 g/mol. The maximum Gasteiger partial charge on any atom is 0.341 e. The van der Waals surface area contributed by atoms with Gasteiger partial charge in [0.25, 0.3) is 0 Å². The zero-order valence-corrected chi connectivity index (χ0v) is 17.7. The van der Waals surface area contributed by atoms with Crippen molar-refractivity contribution in [2.45, 2.75) is 57.8 Å². The average molecular weight is 452 g/mol. The normalized spacial score (nSPS) is 18.9. The molecular weight excluding hydrogens is 427 g/mol. The highest BCUT2D eigenvalue weighted by molar-refractivity contribution is 5.91. The summed E-state index contributed by atoms with van der Waals surface area (Å²) in [5.74, 6) is -9.09. The smallest absolute Gasteiger partial charge is 0.341 e. The summed E-state index contributed by atoms with van der Waals surface area (Å²) < 4.78 is 70.9. The summed E-state index contributed by atoms with van der Waals surface area (Å²) in [5.41, 5.74) is -1.79. The Kier molecular flexibility index (Phi) is 7.69. The Labute approximate surface area is 183 Å². The molecule has 172 valence electrons. The summed E-state index contributed by atoms with van der Waals surface area (Å²) >= 11 is 0. The molecule has 1 aliphatic carbocycles. The predicted octanol–water partition coefficient (Wildman–Crippen LogP) is 7.77. The lowest BCUT2D eigenvalue weighted by Crippen LogP contribution is -2.16. The van der Waals surface area contributed by atoms with Crippen LogP contribution >= 0.6 is 0 Å². The van der Waals surface area contributed by atoms with Crippen LogP contribution in [0.25, 0.3) is 11.1 Å². The van der Waals surface area contributed by atoms with Crippen molar-refractivity contribution < 1.29 is 31.9 Å². The van der Waals surface area contributed by atoms with Crippen molar-refractivity contribution in [1.29, 1.82) is 0 Å². The average Bonchev–Trinajstić information content (AvgIpc) is 2.74. The second kappa shape index (κ2) is 10.3. The topological polar surface area (TPSA) is 37.3 Å². The first-order valence-electron chi connectivity index (χ1n) is 10.8. The number of hydrogen-bond donors (Lipinski definition) is 1. The molecule has 0 amide bonds. The maximum absolute atomic E-state index is 15.2. The van der Waals surface area contributed by atoms with Crippen LogP contribution in [0, 0.1) is 35.0 Å². The number of halogens is 5. The lowest BCUT2D eigenvalue weighted by molar-refractivity contribution is 0.0686. The zero-order valence-electron chi connectivity index (χ0n) is 17.7. The summed E-state index contributed by atoms with van der Waals surface area (Å²) in [5, 5.41) is 9.23. The van der Waals surface area contributed by atoms with Gasteiger partial charge in [0.1, 0.15) is 17.2 Å². The third-order valence-electron chi connectivity index (χ3n) is 6.24. The first-order chi connectivity index (χ1) is 15.2. The quantitative estimate of drug-likeness (QED) is 0.202. The van der Waals surface area contributed by atoms with E-state index in [1.54, 1.807) is 0 Å². The first-order valence-corrected chi connectivity index (χ1v) is 10.8. The van der Waals surface area contributed by atoms with Crippen molar-refractivity contribution in [3.8, 4) is 11.1 Å². The van der Waals surface area contributed by atoms with Crippen LogP contribution in [-0.4, -0.2) is 11.1 Å². The van der Waals surface area contributed by atoms with Crippen molar-refractivity contribution in [3.05, 3.63) is 70.6 Å². The molecule has 0 heterocycles. The molecule has 0 aliphatic heterocycles. The van der Waals surface area contributed by atoms with E-state index in [-0.39, 0.29) is 17.0 Å². The number of carbonyl (C=O) groups is 1. The Balaban J connectivity index is 1.97. The van der Waals surface area contributed by atoms with Gasteiger partial charge in [-0.3, -0.25) is 0 Å². The van der Waals surface area contributed by atoms with E-state index >= 15 is 4.39 Å². The summed E-state index contributed by atoms with van der Waals surface area (Å²) in [6.45, 7) is 1.97. The van der Waals surface area contributed by atoms with Gasteiger partial charge in [-0.25, -0.2) is 26.7 Å². The van der Waals surface area contributed by atoms with E-state index in [1.807, 2.05) is 13.0 Å². The number of aromatic carboxylic acids is 1. The molecular formula is C25H25F5O2. The molecule has 0 saturated heterocycles. The van der Waals surface area contributed by atoms with Gasteiger partial charge < -0.3 is 5.11 Å². The predicted molar refractivity (Wildman–Crippen MR) is 112 cm³/mol. The Morgan fingerprint density at radius 2 is 1.59 bits per heavy atom. The van der Waals surface area contributed by atoms with Gasteiger partial charge in [-0.1, -0.05) is 18.6 Å². The minimum Gasteiger partial charge on any atom is -0.477 e. The summed E-state index contributed by atoms with van der Waals surface area (Å²) in [7, 11) is 0. The minimum absolute atomic E-state index is 0.155. The molecule has 0 unspecified atom stereocenters. The molecule has 1 N–H and O–H groups in total. The van der Waals surface area contributed by atoms with E-state index < -0.39 is 46.2 Å². The van der Waals surface area contributed by atoms with E-state index in [1.165, 1.54) is 0 Å². The number of carboxylic acid groups (broad SMARTS) is 1. The molecule has 7 heteroatoms. The number of unbranched alkanes of at least 4 members (excludes halogenated alkanes) is 1. The third kappa shape index (κ3) is 5.03. The van der Waals surface area contributed by atoms with Crippen LogP contribution < -0.4 is 0 Å². The van der Waals surface area contributed by atoms with Crippen molar-refractivity contribution in [3.63, 3.8) is 0 Å². The second-order valence-electron chi connectivity index (χ2n) is 8.29. The van der Waals surface area contributed by atoms with Crippen LogP contribution in [0.5, 0.6) is 0 Å². The van der Waals surface area contributed by atoms with Gasteiger partial charge in [-0.2, -0.15) is 0 Å². The van der Waals surface area contributed by atoms with Crippen molar-refractivity contribution in [2.75, 3.05) is 0 Å². The molecule has 0 aromatic heterocycles. The number of benzene rings is 2. The Hall–Kier alpha value is -2.70. The van der Waals surface area contributed by atoms with Gasteiger partial charge >= 0.3 is 5.97 Å². The fraction of sp³-hybridized carbons (Fsp3) is 0.400. The largest absolute Gasteiger partial charge is 0.477 e. The van der Waals surface area contributed by atoms with Crippen LogP contribution in [0.3, 0.4) is 0 Å². The molecule has 0 radical (unpaired) electrons.